The molecule has 0 aliphatic carbocycles. The van der Waals surface area contributed by atoms with Gasteiger partial charge in [0.25, 0.3) is 0 Å². The maximum absolute atomic E-state index is 11.3. The van der Waals surface area contributed by atoms with Crippen molar-refractivity contribution in [1.82, 2.24) is 9.97 Å². The minimum atomic E-state index is -1.02. The quantitative estimate of drug-likeness (QED) is 0.482. The van der Waals surface area contributed by atoms with Crippen LogP contribution in [0.25, 0.3) is 0 Å². The molecule has 0 aliphatic heterocycles. The summed E-state index contributed by atoms with van der Waals surface area (Å²) in [5, 5.41) is 11.5. The van der Waals surface area contributed by atoms with Crippen LogP contribution in [-0.4, -0.2) is 33.2 Å². The number of nitrogens with one attached hydrogen (secondary N) is 1. The number of carboxylic acids is 1. The minimum Gasteiger partial charge on any atom is -0.481 e. The molecule has 8 heteroatoms. The molecule has 0 saturated heterocycles. The molecule has 0 aliphatic rings. The van der Waals surface area contributed by atoms with Crippen LogP contribution in [0.2, 0.25) is 5.15 Å². The third-order valence-electron chi connectivity index (χ3n) is 1.69. The Hall–Kier alpha value is -1.34. The highest BCUT2D eigenvalue weighted by molar-refractivity contribution is 7.98. The number of halogens is 1. The van der Waals surface area contributed by atoms with Gasteiger partial charge in [-0.1, -0.05) is 23.4 Å². The Kier molecular flexibility index (Phi) is 5.17. The Bertz CT molecular complexity index is 441. The summed E-state index contributed by atoms with van der Waals surface area (Å²) in [6.45, 7) is 0. The van der Waals surface area contributed by atoms with Crippen molar-refractivity contribution >= 4 is 41.1 Å². The van der Waals surface area contributed by atoms with Crippen LogP contribution >= 0.6 is 23.4 Å². The molecule has 1 rings (SSSR count). The summed E-state index contributed by atoms with van der Waals surface area (Å²) >= 11 is 7.02. The molecule has 92 valence electrons. The lowest BCUT2D eigenvalue weighted by Gasteiger charge is -2.04. The molecule has 0 radical (unpaired) electrons. The van der Waals surface area contributed by atoms with Gasteiger partial charge in [-0.05, 0) is 6.26 Å². The van der Waals surface area contributed by atoms with Crippen LogP contribution in [0.1, 0.15) is 12.8 Å². The Balaban J connectivity index is 2.64. The first-order valence-corrected chi connectivity index (χ1v) is 6.21. The average molecular weight is 276 g/mol. The van der Waals surface area contributed by atoms with E-state index in [0.29, 0.717) is 5.16 Å². The zero-order valence-electron chi connectivity index (χ0n) is 8.94. The highest BCUT2D eigenvalue weighted by Gasteiger charge is 2.08. The first kappa shape index (κ1) is 13.7. The Morgan fingerprint density at radius 2 is 2.18 bits per heavy atom. The number of amides is 1. The van der Waals surface area contributed by atoms with Crippen molar-refractivity contribution in [2.24, 2.45) is 0 Å². The van der Waals surface area contributed by atoms with E-state index in [2.05, 4.69) is 15.3 Å². The maximum atomic E-state index is 11.3. The number of hydrogen-bond donors (Lipinski definition) is 2. The monoisotopic (exact) mass is 275 g/mol. The fourth-order valence-electron chi connectivity index (χ4n) is 0.978. The van der Waals surface area contributed by atoms with Crippen molar-refractivity contribution in [2.45, 2.75) is 18.0 Å². The molecule has 0 fully saturated rings. The lowest BCUT2D eigenvalue weighted by molar-refractivity contribution is -0.138. The molecule has 1 aromatic rings. The number of carboxylic acid groups (broad SMARTS) is 1. The number of aromatic nitrogens is 2. The van der Waals surface area contributed by atoms with Crippen molar-refractivity contribution in [1.29, 1.82) is 0 Å². The van der Waals surface area contributed by atoms with Crippen molar-refractivity contribution in [3.63, 3.8) is 0 Å². The number of thioether (sulfide) groups is 1. The van der Waals surface area contributed by atoms with E-state index in [4.69, 9.17) is 16.7 Å². The third-order valence-corrected chi connectivity index (χ3v) is 2.43. The van der Waals surface area contributed by atoms with Crippen LogP contribution < -0.4 is 5.32 Å². The van der Waals surface area contributed by atoms with E-state index in [-0.39, 0.29) is 23.8 Å². The second-order valence-electron chi connectivity index (χ2n) is 3.00. The molecule has 2 N–H and O–H groups in total. The second kappa shape index (κ2) is 6.41. The maximum Gasteiger partial charge on any atom is 0.303 e. The molecule has 0 unspecified atom stereocenters. The molecule has 0 spiro atoms. The van der Waals surface area contributed by atoms with Gasteiger partial charge in [-0.15, -0.1) is 0 Å². The Morgan fingerprint density at radius 3 is 2.76 bits per heavy atom. The predicted molar refractivity (Wildman–Crippen MR) is 64.3 cm³/mol. The van der Waals surface area contributed by atoms with Crippen LogP contribution in [0.5, 0.6) is 0 Å². The van der Waals surface area contributed by atoms with Crippen LogP contribution in [0.3, 0.4) is 0 Å². The third kappa shape index (κ3) is 5.01. The van der Waals surface area contributed by atoms with Gasteiger partial charge in [0.2, 0.25) is 5.91 Å². The van der Waals surface area contributed by atoms with Gasteiger partial charge in [0.1, 0.15) is 11.0 Å². The lowest BCUT2D eigenvalue weighted by atomic mass is 10.3. The van der Waals surface area contributed by atoms with Crippen molar-refractivity contribution in [3.05, 3.63) is 11.2 Å². The van der Waals surface area contributed by atoms with Gasteiger partial charge < -0.3 is 10.4 Å². The first-order chi connectivity index (χ1) is 8.01. The van der Waals surface area contributed by atoms with E-state index in [0.717, 1.165) is 0 Å². The van der Waals surface area contributed by atoms with E-state index in [1.165, 1.54) is 17.8 Å². The summed E-state index contributed by atoms with van der Waals surface area (Å²) in [5.74, 6) is -1.18. The molecule has 17 heavy (non-hydrogen) atoms. The van der Waals surface area contributed by atoms with E-state index >= 15 is 0 Å². The van der Waals surface area contributed by atoms with Crippen LogP contribution in [0.15, 0.2) is 11.2 Å². The minimum absolute atomic E-state index is 0.106. The van der Waals surface area contributed by atoms with Crippen LogP contribution in [0.4, 0.5) is 5.82 Å². The van der Waals surface area contributed by atoms with Gasteiger partial charge in [-0.2, -0.15) is 0 Å². The highest BCUT2D eigenvalue weighted by atomic mass is 35.5. The zero-order valence-corrected chi connectivity index (χ0v) is 10.5. The SMILES string of the molecule is CSc1nc(Cl)cc(NC(=O)CCC(=O)O)n1. The fourth-order valence-corrected chi connectivity index (χ4v) is 1.59. The van der Waals surface area contributed by atoms with E-state index in [9.17, 15) is 9.59 Å². The molecule has 0 atom stereocenters. The normalized spacial score (nSPS) is 10.0. The van der Waals surface area contributed by atoms with E-state index < -0.39 is 11.9 Å². The van der Waals surface area contributed by atoms with Gasteiger partial charge in [-0.3, -0.25) is 9.59 Å². The summed E-state index contributed by atoms with van der Waals surface area (Å²) in [5.41, 5.74) is 0. The van der Waals surface area contributed by atoms with Crippen LogP contribution in [0, 0.1) is 0 Å². The van der Waals surface area contributed by atoms with Crippen molar-refractivity contribution in [3.8, 4) is 0 Å². The molecule has 0 bridgehead atoms. The largest absolute Gasteiger partial charge is 0.481 e. The predicted octanol–water partition coefficient (Wildman–Crippen LogP) is 1.66. The van der Waals surface area contributed by atoms with Crippen molar-refractivity contribution in [2.75, 3.05) is 11.6 Å². The number of carbonyl (C=O) groups excluding carboxylic acids is 1. The molecule has 1 heterocycles. The fraction of sp³-hybridized carbons (Fsp3) is 0.333. The summed E-state index contributed by atoms with van der Waals surface area (Å²) in [6, 6.07) is 1.40. The van der Waals surface area contributed by atoms with Crippen LogP contribution in [-0.2, 0) is 9.59 Å². The summed E-state index contributed by atoms with van der Waals surface area (Å²) < 4.78 is 0. The van der Waals surface area contributed by atoms with Gasteiger partial charge in [-0.25, -0.2) is 9.97 Å². The molecule has 0 saturated carbocycles. The van der Waals surface area contributed by atoms with E-state index in [1.807, 2.05) is 0 Å². The van der Waals surface area contributed by atoms with E-state index in [1.54, 1.807) is 6.26 Å². The number of rotatable bonds is 5. The summed E-state index contributed by atoms with van der Waals surface area (Å²) in [7, 11) is 0. The Morgan fingerprint density at radius 1 is 1.47 bits per heavy atom. The number of hydrogen-bond acceptors (Lipinski definition) is 5. The summed E-state index contributed by atoms with van der Waals surface area (Å²) in [4.78, 5) is 29.5. The highest BCUT2D eigenvalue weighted by Crippen LogP contribution is 2.17. The molecular weight excluding hydrogens is 266 g/mol. The molecule has 0 aromatic carbocycles. The number of aliphatic carboxylic acids is 1. The molecular formula is C9H10ClN3O3S. The van der Waals surface area contributed by atoms with Gasteiger partial charge >= 0.3 is 5.97 Å². The van der Waals surface area contributed by atoms with Gasteiger partial charge in [0.15, 0.2) is 5.16 Å². The number of anilines is 1. The average Bonchev–Trinajstić information content (AvgIpc) is 2.25. The number of carbonyl (C=O) groups is 2. The lowest BCUT2D eigenvalue weighted by Crippen LogP contribution is -2.14. The first-order valence-electron chi connectivity index (χ1n) is 4.61. The standard InChI is InChI=1S/C9H10ClN3O3S/c1-17-9-11-5(10)4-6(13-9)12-7(14)2-3-8(15)16/h4H,2-3H2,1H3,(H,15,16)(H,11,12,13,14). The summed E-state index contributed by atoms with van der Waals surface area (Å²) in [6.07, 6.45) is 1.45. The zero-order chi connectivity index (χ0) is 12.8. The van der Waals surface area contributed by atoms with Gasteiger partial charge in [0.05, 0.1) is 6.42 Å². The topological polar surface area (TPSA) is 92.2 Å². The van der Waals surface area contributed by atoms with Gasteiger partial charge in [0, 0.05) is 12.5 Å². The smallest absolute Gasteiger partial charge is 0.303 e. The second-order valence-corrected chi connectivity index (χ2v) is 4.17. The molecule has 1 amide bonds. The molecule has 1 aromatic heterocycles. The Labute approximate surface area is 107 Å². The number of nitrogens with zero attached hydrogens (tertiary/aromatic N) is 2. The molecule has 6 nitrogen and oxygen atoms in total. The van der Waals surface area contributed by atoms with Crippen molar-refractivity contribution < 1.29 is 14.7 Å².